The van der Waals surface area contributed by atoms with Gasteiger partial charge in [-0.25, -0.2) is 0 Å². The maximum Gasteiger partial charge on any atom is 0.239 e. The summed E-state index contributed by atoms with van der Waals surface area (Å²) in [4.78, 5) is 0. The van der Waals surface area contributed by atoms with Crippen molar-refractivity contribution in [2.24, 2.45) is 0 Å². The molecule has 8 radical (unpaired) electrons. The summed E-state index contributed by atoms with van der Waals surface area (Å²) in [7, 11) is 19.5. The standard InChI is InChI=1S/B7F/c1-5(2)7(8)6(3)4. The van der Waals surface area contributed by atoms with Crippen molar-refractivity contribution < 1.29 is 4.32 Å². The van der Waals surface area contributed by atoms with Crippen LogP contribution < -0.4 is 0 Å². The molecular weight excluding hydrogens is 94.7 g/mol. The van der Waals surface area contributed by atoms with Crippen LogP contribution in [0, 0.1) is 0 Å². The van der Waals surface area contributed by atoms with E-state index in [1.54, 1.807) is 0 Å². The molecule has 0 fully saturated rings. The molecule has 0 aliphatic rings. The fourth-order valence-electron chi connectivity index (χ4n) is 0.257. The summed E-state index contributed by atoms with van der Waals surface area (Å²) in [5.74, 6) is 0. The molecular formula is B7F. The zero-order valence-corrected chi connectivity index (χ0v) is 4.42. The molecule has 0 bridgehead atoms. The van der Waals surface area contributed by atoms with Gasteiger partial charge in [-0.3, -0.25) is 0 Å². The highest BCUT2D eigenvalue weighted by Crippen LogP contribution is 1.84. The molecule has 0 saturated carbocycles. The predicted molar refractivity (Wildman–Crippen MR) is 41.4 cm³/mol. The van der Waals surface area contributed by atoms with Gasteiger partial charge in [0.05, 0.1) is 12.8 Å². The summed E-state index contributed by atoms with van der Waals surface area (Å²) in [6, 6.07) is 0. The number of rotatable bonds is 2. The van der Waals surface area contributed by atoms with Gasteiger partial charge in [0.25, 0.3) is 0 Å². The molecule has 0 N–H and O–H groups in total. The lowest BCUT2D eigenvalue weighted by atomic mass is 8.79. The Bertz CT molecular complexity index is 49.4. The average molecular weight is 94.7 g/mol. The van der Waals surface area contributed by atoms with Gasteiger partial charge in [-0.1, -0.05) is 0 Å². The second kappa shape index (κ2) is 3.42. The van der Waals surface area contributed by atoms with E-state index >= 15 is 0 Å². The monoisotopic (exact) mass is 96.1 g/mol. The Kier molecular flexibility index (Phi) is 3.58. The molecule has 0 aliphatic carbocycles. The van der Waals surface area contributed by atoms with Gasteiger partial charge >= 0.3 is 0 Å². The minimum absolute atomic E-state index is 1.07. The summed E-state index contributed by atoms with van der Waals surface area (Å²) in [6.07, 6.45) is -2.15. The summed E-state index contributed by atoms with van der Waals surface area (Å²) in [6.45, 7) is -1.52. The van der Waals surface area contributed by atoms with E-state index in [0.717, 1.165) is 0 Å². The maximum absolute atomic E-state index is 12.1. The average Bonchev–Trinajstić information content (AvgIpc) is 1.64. The van der Waals surface area contributed by atoms with Gasteiger partial charge in [0.1, 0.15) is 0 Å². The Labute approximate surface area is 55.6 Å². The van der Waals surface area contributed by atoms with E-state index in [2.05, 4.69) is 0 Å². The van der Waals surface area contributed by atoms with Gasteiger partial charge in [-0.15, -0.1) is 0 Å². The zero-order valence-electron chi connectivity index (χ0n) is 4.42. The van der Waals surface area contributed by atoms with Gasteiger partial charge in [0.15, 0.2) is 0 Å². The third-order valence-corrected chi connectivity index (χ3v) is 0.735. The van der Waals surface area contributed by atoms with Crippen LogP contribution in [-0.2, 0) is 0 Å². The fraction of sp³-hybridized carbons (Fsp3) is 0. The SMILES string of the molecule is [B]B([B])B(F)B([B])[B]. The quantitative estimate of drug-likeness (QED) is 0.340. The van der Waals surface area contributed by atoms with Crippen LogP contribution >= 0.6 is 0 Å². The van der Waals surface area contributed by atoms with Gasteiger partial charge in [0, 0.05) is 30.9 Å². The molecule has 0 unspecified atom stereocenters. The first-order valence-corrected chi connectivity index (χ1v) is 2.22. The van der Waals surface area contributed by atoms with E-state index in [1.165, 1.54) is 0 Å². The second-order valence-electron chi connectivity index (χ2n) is 1.60. The topological polar surface area (TPSA) is 0 Å². The van der Waals surface area contributed by atoms with E-state index in [9.17, 15) is 4.32 Å². The molecule has 8 heteroatoms. The van der Waals surface area contributed by atoms with Crippen molar-refractivity contribution in [3.8, 4) is 0 Å². The van der Waals surface area contributed by atoms with Crippen molar-refractivity contribution in [1.29, 1.82) is 0 Å². The molecule has 0 aromatic carbocycles. The molecule has 8 heavy (non-hydrogen) atoms. The van der Waals surface area contributed by atoms with Crippen LogP contribution in [0.3, 0.4) is 0 Å². The number of halogens is 1. The van der Waals surface area contributed by atoms with Crippen molar-refractivity contribution in [3.63, 3.8) is 0 Å². The van der Waals surface area contributed by atoms with Crippen LogP contribution in [0.1, 0.15) is 0 Å². The molecule has 0 saturated heterocycles. The molecule has 0 aliphatic heterocycles. The van der Waals surface area contributed by atoms with Crippen molar-refractivity contribution in [1.82, 2.24) is 0 Å². The normalized spacial score (nSPS) is 8.12. The zero-order chi connectivity index (χ0) is 6.73. The highest BCUT2D eigenvalue weighted by molar-refractivity contribution is 7.80. The molecule has 0 aromatic rings. The van der Waals surface area contributed by atoms with Gasteiger partial charge in [-0.05, 0) is 0 Å². The van der Waals surface area contributed by atoms with E-state index in [0.29, 0.717) is 0 Å². The fourth-order valence-corrected chi connectivity index (χ4v) is 0.257. The van der Waals surface area contributed by atoms with E-state index in [1.807, 2.05) is 0 Å². The Balaban J connectivity index is 3.46. The van der Waals surface area contributed by atoms with Crippen LogP contribution in [0.2, 0.25) is 0 Å². The van der Waals surface area contributed by atoms with Crippen LogP contribution in [0.25, 0.3) is 0 Å². The molecule has 0 atom stereocenters. The maximum atomic E-state index is 12.1. The van der Waals surface area contributed by atoms with Crippen molar-refractivity contribution >= 4 is 50.5 Å². The third-order valence-electron chi connectivity index (χ3n) is 0.735. The minimum atomic E-state index is -1.52. The number of hydrogen-bond acceptors (Lipinski definition) is 0. The highest BCUT2D eigenvalue weighted by Gasteiger charge is 2.22. The lowest BCUT2D eigenvalue weighted by Crippen LogP contribution is -2.48. The molecule has 28 valence electrons. The van der Waals surface area contributed by atoms with Crippen LogP contribution in [0.4, 0.5) is 4.32 Å². The van der Waals surface area contributed by atoms with Crippen molar-refractivity contribution in [2.75, 3.05) is 0 Å². The first-order valence-electron chi connectivity index (χ1n) is 2.22. The van der Waals surface area contributed by atoms with Gasteiger partial charge in [0.2, 0.25) is 6.77 Å². The predicted octanol–water partition coefficient (Wildman–Crippen LogP) is -2.25. The van der Waals surface area contributed by atoms with Crippen LogP contribution in [0.15, 0.2) is 0 Å². The highest BCUT2D eigenvalue weighted by atomic mass is 19.1. The molecule has 0 amide bonds. The van der Waals surface area contributed by atoms with Gasteiger partial charge in [-0.2, -0.15) is 0 Å². The van der Waals surface area contributed by atoms with Gasteiger partial charge < -0.3 is 4.32 Å². The summed E-state index contributed by atoms with van der Waals surface area (Å²) >= 11 is 0. The second-order valence-corrected chi connectivity index (χ2v) is 1.60. The van der Waals surface area contributed by atoms with Crippen LogP contribution in [0.5, 0.6) is 0 Å². The van der Waals surface area contributed by atoms with E-state index in [-0.39, 0.29) is 0 Å². The smallest absolute Gasteiger partial charge is 0.239 e. The minimum Gasteiger partial charge on any atom is -0.361 e. The molecule has 0 heterocycles. The lowest BCUT2D eigenvalue weighted by molar-refractivity contribution is 0.882. The first-order chi connectivity index (χ1) is 3.55. The van der Waals surface area contributed by atoms with Crippen molar-refractivity contribution in [2.45, 2.75) is 0 Å². The summed E-state index contributed by atoms with van der Waals surface area (Å²) in [5, 5.41) is 0. The number of hydrogen-bond donors (Lipinski definition) is 0. The summed E-state index contributed by atoms with van der Waals surface area (Å²) < 4.78 is 12.1. The summed E-state index contributed by atoms with van der Waals surface area (Å²) in [5.41, 5.74) is 0. The Morgan fingerprint density at radius 2 is 1.12 bits per heavy atom. The molecule has 0 nitrogen and oxygen atoms in total. The van der Waals surface area contributed by atoms with E-state index < -0.39 is 19.5 Å². The molecule has 0 spiro atoms. The largest absolute Gasteiger partial charge is 0.361 e. The van der Waals surface area contributed by atoms with E-state index in [4.69, 9.17) is 30.9 Å². The Hall–Kier alpha value is 0.385. The lowest BCUT2D eigenvalue weighted by Gasteiger charge is -2.07. The van der Waals surface area contributed by atoms with Crippen LogP contribution in [-0.4, -0.2) is 50.5 Å². The molecule has 0 aromatic heterocycles. The first kappa shape index (κ1) is 8.38. The molecule has 0 rings (SSSR count). The third kappa shape index (κ3) is 2.63. The van der Waals surface area contributed by atoms with Crippen molar-refractivity contribution in [3.05, 3.63) is 0 Å². The Morgan fingerprint density at radius 1 is 0.875 bits per heavy atom. The Morgan fingerprint density at radius 3 is 1.12 bits per heavy atom.